The molecular weight excluding hydrogens is 356 g/mol. The standard InChI is InChI=1S/C14H11BrN2O3S/c1-21(18,19)9-3-5-13-12(7-9)17-14(20-13)10-6-8(15)2-4-11(10)16/h2-7H,16H2,1H3. The van der Waals surface area contributed by atoms with Gasteiger partial charge in [-0.25, -0.2) is 13.4 Å². The van der Waals surface area contributed by atoms with E-state index in [2.05, 4.69) is 20.9 Å². The lowest BCUT2D eigenvalue weighted by Crippen LogP contribution is -1.96. The molecule has 0 aliphatic carbocycles. The van der Waals surface area contributed by atoms with E-state index < -0.39 is 9.84 Å². The van der Waals surface area contributed by atoms with Crippen LogP contribution in [0.5, 0.6) is 0 Å². The summed E-state index contributed by atoms with van der Waals surface area (Å²) in [6.07, 6.45) is 1.15. The van der Waals surface area contributed by atoms with Gasteiger partial charge in [0.05, 0.1) is 10.5 Å². The Morgan fingerprint density at radius 2 is 1.95 bits per heavy atom. The Kier molecular flexibility index (Phi) is 3.26. The first-order valence-electron chi connectivity index (χ1n) is 6.00. The summed E-state index contributed by atoms with van der Waals surface area (Å²) in [6.45, 7) is 0. The smallest absolute Gasteiger partial charge is 0.229 e. The molecule has 0 aliphatic rings. The van der Waals surface area contributed by atoms with Crippen LogP contribution in [0.2, 0.25) is 0 Å². The minimum atomic E-state index is -3.28. The highest BCUT2D eigenvalue weighted by Crippen LogP contribution is 2.31. The highest BCUT2D eigenvalue weighted by atomic mass is 79.9. The molecule has 3 rings (SSSR count). The zero-order valence-electron chi connectivity index (χ0n) is 11.0. The van der Waals surface area contributed by atoms with Crippen LogP contribution in [0.15, 0.2) is 50.2 Å². The van der Waals surface area contributed by atoms with Gasteiger partial charge in [-0.3, -0.25) is 0 Å². The fourth-order valence-electron chi connectivity index (χ4n) is 1.97. The van der Waals surface area contributed by atoms with Crippen molar-refractivity contribution in [1.29, 1.82) is 0 Å². The Morgan fingerprint density at radius 1 is 1.19 bits per heavy atom. The maximum atomic E-state index is 11.6. The van der Waals surface area contributed by atoms with E-state index in [1.807, 2.05) is 6.07 Å². The van der Waals surface area contributed by atoms with Gasteiger partial charge < -0.3 is 10.2 Å². The predicted molar refractivity (Wildman–Crippen MR) is 84.7 cm³/mol. The minimum Gasteiger partial charge on any atom is -0.436 e. The molecule has 0 aliphatic heterocycles. The summed E-state index contributed by atoms with van der Waals surface area (Å²) in [7, 11) is -3.28. The molecule has 0 fully saturated rings. The SMILES string of the molecule is CS(=O)(=O)c1ccc2oc(-c3cc(Br)ccc3N)nc2c1. The number of benzene rings is 2. The van der Waals surface area contributed by atoms with Gasteiger partial charge in [-0.15, -0.1) is 0 Å². The van der Waals surface area contributed by atoms with Gasteiger partial charge in [-0.05, 0) is 36.4 Å². The van der Waals surface area contributed by atoms with Gasteiger partial charge in [-0.2, -0.15) is 0 Å². The van der Waals surface area contributed by atoms with Gasteiger partial charge in [-0.1, -0.05) is 15.9 Å². The second kappa shape index (κ2) is 4.85. The molecule has 5 nitrogen and oxygen atoms in total. The van der Waals surface area contributed by atoms with Crippen LogP contribution in [-0.4, -0.2) is 19.7 Å². The van der Waals surface area contributed by atoms with Crippen molar-refractivity contribution in [2.45, 2.75) is 4.90 Å². The normalized spacial score (nSPS) is 11.9. The molecule has 0 bridgehead atoms. The number of aromatic nitrogens is 1. The summed E-state index contributed by atoms with van der Waals surface area (Å²) >= 11 is 3.37. The van der Waals surface area contributed by atoms with Crippen LogP contribution in [-0.2, 0) is 9.84 Å². The quantitative estimate of drug-likeness (QED) is 0.703. The zero-order valence-corrected chi connectivity index (χ0v) is 13.4. The molecule has 0 unspecified atom stereocenters. The fourth-order valence-corrected chi connectivity index (χ4v) is 2.97. The number of hydrogen-bond donors (Lipinski definition) is 1. The molecule has 0 saturated heterocycles. The number of fused-ring (bicyclic) bond motifs is 1. The van der Waals surface area contributed by atoms with Crippen molar-refractivity contribution in [3.63, 3.8) is 0 Å². The van der Waals surface area contributed by atoms with Crippen molar-refractivity contribution in [1.82, 2.24) is 4.98 Å². The number of sulfone groups is 1. The fraction of sp³-hybridized carbons (Fsp3) is 0.0714. The van der Waals surface area contributed by atoms with Crippen LogP contribution >= 0.6 is 15.9 Å². The van der Waals surface area contributed by atoms with Crippen molar-refractivity contribution < 1.29 is 12.8 Å². The maximum Gasteiger partial charge on any atom is 0.229 e. The van der Waals surface area contributed by atoms with Crippen molar-refractivity contribution >= 4 is 42.6 Å². The highest BCUT2D eigenvalue weighted by Gasteiger charge is 2.14. The van der Waals surface area contributed by atoms with Crippen molar-refractivity contribution in [2.75, 3.05) is 12.0 Å². The average molecular weight is 367 g/mol. The third kappa shape index (κ3) is 2.66. The topological polar surface area (TPSA) is 86.2 Å². The Labute approximate surface area is 129 Å². The zero-order chi connectivity index (χ0) is 15.2. The lowest BCUT2D eigenvalue weighted by atomic mass is 10.2. The Balaban J connectivity index is 2.20. The summed E-state index contributed by atoms with van der Waals surface area (Å²) in [6, 6.07) is 9.95. The van der Waals surface area contributed by atoms with E-state index in [9.17, 15) is 8.42 Å². The molecule has 0 amide bonds. The van der Waals surface area contributed by atoms with Gasteiger partial charge in [0.1, 0.15) is 5.52 Å². The van der Waals surface area contributed by atoms with Crippen LogP contribution in [0.4, 0.5) is 5.69 Å². The molecule has 1 heterocycles. The Hall–Kier alpha value is -1.86. The molecule has 0 spiro atoms. The average Bonchev–Trinajstić information content (AvgIpc) is 2.83. The second-order valence-electron chi connectivity index (χ2n) is 4.65. The minimum absolute atomic E-state index is 0.206. The number of anilines is 1. The third-order valence-electron chi connectivity index (χ3n) is 3.03. The number of nitrogen functional groups attached to an aromatic ring is 1. The molecule has 2 N–H and O–H groups in total. The summed E-state index contributed by atoms with van der Waals surface area (Å²) in [5.74, 6) is 0.356. The lowest BCUT2D eigenvalue weighted by Gasteiger charge is -2.01. The molecule has 1 aromatic heterocycles. The van der Waals surface area contributed by atoms with E-state index in [4.69, 9.17) is 10.2 Å². The summed E-state index contributed by atoms with van der Waals surface area (Å²) in [5, 5.41) is 0. The summed E-state index contributed by atoms with van der Waals surface area (Å²) in [5.41, 5.74) is 8.11. The lowest BCUT2D eigenvalue weighted by molar-refractivity contribution is 0.602. The number of nitrogens with two attached hydrogens (primary N) is 1. The van der Waals surface area contributed by atoms with E-state index >= 15 is 0 Å². The van der Waals surface area contributed by atoms with E-state index in [0.717, 1.165) is 10.7 Å². The number of halogens is 1. The molecule has 0 radical (unpaired) electrons. The number of hydrogen-bond acceptors (Lipinski definition) is 5. The number of rotatable bonds is 2. The molecule has 0 atom stereocenters. The summed E-state index contributed by atoms with van der Waals surface area (Å²) in [4.78, 5) is 4.53. The first-order chi connectivity index (χ1) is 9.84. The van der Waals surface area contributed by atoms with Crippen molar-refractivity contribution in [2.24, 2.45) is 0 Å². The molecule has 108 valence electrons. The number of nitrogens with zero attached hydrogens (tertiary/aromatic N) is 1. The molecular formula is C14H11BrN2O3S. The van der Waals surface area contributed by atoms with Crippen LogP contribution in [0.1, 0.15) is 0 Å². The predicted octanol–water partition coefficient (Wildman–Crippen LogP) is 3.24. The van der Waals surface area contributed by atoms with Gasteiger partial charge in [0.25, 0.3) is 0 Å². The van der Waals surface area contributed by atoms with Crippen molar-refractivity contribution in [3.05, 3.63) is 40.9 Å². The number of oxazole rings is 1. The van der Waals surface area contributed by atoms with Gasteiger partial charge in [0.15, 0.2) is 15.4 Å². The molecule has 7 heteroatoms. The van der Waals surface area contributed by atoms with Crippen LogP contribution in [0, 0.1) is 0 Å². The first-order valence-corrected chi connectivity index (χ1v) is 8.69. The van der Waals surface area contributed by atoms with Gasteiger partial charge in [0.2, 0.25) is 5.89 Å². The molecule has 0 saturated carbocycles. The van der Waals surface area contributed by atoms with Crippen LogP contribution in [0.3, 0.4) is 0 Å². The van der Waals surface area contributed by atoms with Crippen molar-refractivity contribution in [3.8, 4) is 11.5 Å². The van der Waals surface area contributed by atoms with E-state index in [0.29, 0.717) is 28.2 Å². The largest absolute Gasteiger partial charge is 0.436 e. The molecule has 2 aromatic carbocycles. The summed E-state index contributed by atoms with van der Waals surface area (Å²) < 4.78 is 29.6. The molecule has 3 aromatic rings. The van der Waals surface area contributed by atoms with Crippen LogP contribution in [0.25, 0.3) is 22.6 Å². The maximum absolute atomic E-state index is 11.6. The Morgan fingerprint density at radius 3 is 2.67 bits per heavy atom. The van der Waals surface area contributed by atoms with Crippen LogP contribution < -0.4 is 5.73 Å². The monoisotopic (exact) mass is 366 g/mol. The highest BCUT2D eigenvalue weighted by molar-refractivity contribution is 9.10. The Bertz CT molecular complexity index is 948. The first kappa shape index (κ1) is 14.1. The third-order valence-corrected chi connectivity index (χ3v) is 4.64. The van der Waals surface area contributed by atoms with E-state index in [-0.39, 0.29) is 4.90 Å². The van der Waals surface area contributed by atoms with E-state index in [1.54, 1.807) is 18.2 Å². The second-order valence-corrected chi connectivity index (χ2v) is 7.58. The molecule has 21 heavy (non-hydrogen) atoms. The van der Waals surface area contributed by atoms with Gasteiger partial charge in [0, 0.05) is 16.4 Å². The van der Waals surface area contributed by atoms with E-state index in [1.165, 1.54) is 12.1 Å². The van der Waals surface area contributed by atoms with Gasteiger partial charge >= 0.3 is 0 Å².